The zero-order valence-corrected chi connectivity index (χ0v) is 13.7. The Kier molecular flexibility index (Phi) is 9.08. The zero-order valence-electron chi connectivity index (χ0n) is 12.9. The lowest BCUT2D eigenvalue weighted by atomic mass is 10.0. The SMILES string of the molecule is Cl.NCCC(=O)NC(Cc1ccccc1)CN1CCOCC1. The van der Waals surface area contributed by atoms with Gasteiger partial charge in [0.15, 0.2) is 0 Å². The summed E-state index contributed by atoms with van der Waals surface area (Å²) in [6.45, 7) is 4.65. The zero-order chi connectivity index (χ0) is 14.9. The normalized spacial score (nSPS) is 16.6. The van der Waals surface area contributed by atoms with Crippen LogP contribution in [-0.2, 0) is 16.0 Å². The lowest BCUT2D eigenvalue weighted by molar-refractivity contribution is -0.121. The molecule has 5 nitrogen and oxygen atoms in total. The van der Waals surface area contributed by atoms with Crippen LogP contribution in [0.3, 0.4) is 0 Å². The van der Waals surface area contributed by atoms with Gasteiger partial charge in [-0.2, -0.15) is 0 Å². The topological polar surface area (TPSA) is 67.6 Å². The fourth-order valence-electron chi connectivity index (χ4n) is 2.59. The Morgan fingerprint density at radius 1 is 1.27 bits per heavy atom. The number of carbonyl (C=O) groups excluding carboxylic acids is 1. The van der Waals surface area contributed by atoms with Crippen LogP contribution in [0.4, 0.5) is 0 Å². The van der Waals surface area contributed by atoms with Gasteiger partial charge in [0.05, 0.1) is 13.2 Å². The van der Waals surface area contributed by atoms with E-state index >= 15 is 0 Å². The Morgan fingerprint density at radius 2 is 1.95 bits per heavy atom. The monoisotopic (exact) mass is 327 g/mol. The second kappa shape index (κ2) is 10.6. The lowest BCUT2D eigenvalue weighted by Crippen LogP contribution is -2.48. The van der Waals surface area contributed by atoms with E-state index in [1.165, 1.54) is 5.56 Å². The van der Waals surface area contributed by atoms with Gasteiger partial charge in [-0.25, -0.2) is 0 Å². The summed E-state index contributed by atoms with van der Waals surface area (Å²) < 4.78 is 5.37. The summed E-state index contributed by atoms with van der Waals surface area (Å²) in [4.78, 5) is 14.2. The number of nitrogens with zero attached hydrogens (tertiary/aromatic N) is 1. The van der Waals surface area contributed by atoms with Crippen molar-refractivity contribution < 1.29 is 9.53 Å². The Bertz CT molecular complexity index is 425. The number of nitrogens with one attached hydrogen (secondary N) is 1. The summed E-state index contributed by atoms with van der Waals surface area (Å²) in [5, 5.41) is 3.11. The summed E-state index contributed by atoms with van der Waals surface area (Å²) >= 11 is 0. The van der Waals surface area contributed by atoms with Crippen molar-refractivity contribution >= 4 is 18.3 Å². The molecular formula is C16H26ClN3O2. The van der Waals surface area contributed by atoms with Gasteiger partial charge >= 0.3 is 0 Å². The number of hydrogen-bond donors (Lipinski definition) is 2. The highest BCUT2D eigenvalue weighted by Gasteiger charge is 2.18. The highest BCUT2D eigenvalue weighted by atomic mass is 35.5. The molecule has 1 aliphatic heterocycles. The molecule has 0 spiro atoms. The van der Waals surface area contributed by atoms with E-state index in [1.807, 2.05) is 18.2 Å². The number of amides is 1. The predicted molar refractivity (Wildman–Crippen MR) is 90.3 cm³/mol. The number of benzene rings is 1. The molecule has 1 heterocycles. The number of carbonyl (C=O) groups is 1. The number of rotatable bonds is 7. The van der Waals surface area contributed by atoms with Crippen molar-refractivity contribution in [1.29, 1.82) is 0 Å². The summed E-state index contributed by atoms with van der Waals surface area (Å²) in [5.41, 5.74) is 6.69. The number of morpholine rings is 1. The molecule has 0 aliphatic carbocycles. The molecule has 0 aromatic heterocycles. The van der Waals surface area contributed by atoms with Crippen molar-refractivity contribution in [1.82, 2.24) is 10.2 Å². The molecule has 0 bridgehead atoms. The number of halogens is 1. The van der Waals surface area contributed by atoms with E-state index in [0.29, 0.717) is 13.0 Å². The fraction of sp³-hybridized carbons (Fsp3) is 0.562. The van der Waals surface area contributed by atoms with Gasteiger partial charge in [-0.05, 0) is 12.0 Å². The van der Waals surface area contributed by atoms with E-state index < -0.39 is 0 Å². The van der Waals surface area contributed by atoms with Gasteiger partial charge in [0.25, 0.3) is 0 Å². The molecule has 1 aromatic rings. The molecular weight excluding hydrogens is 302 g/mol. The van der Waals surface area contributed by atoms with E-state index in [-0.39, 0.29) is 24.4 Å². The van der Waals surface area contributed by atoms with Crippen LogP contribution >= 0.6 is 12.4 Å². The fourth-order valence-corrected chi connectivity index (χ4v) is 2.59. The Balaban J connectivity index is 0.00000242. The van der Waals surface area contributed by atoms with E-state index in [9.17, 15) is 4.79 Å². The highest BCUT2D eigenvalue weighted by molar-refractivity contribution is 5.85. The molecule has 124 valence electrons. The van der Waals surface area contributed by atoms with E-state index in [2.05, 4.69) is 22.3 Å². The maximum absolute atomic E-state index is 11.9. The predicted octanol–water partition coefficient (Wildman–Crippen LogP) is 0.817. The summed E-state index contributed by atoms with van der Waals surface area (Å²) in [6.07, 6.45) is 1.23. The molecule has 0 radical (unpaired) electrons. The standard InChI is InChI=1S/C16H25N3O2.ClH/c17-7-6-16(20)18-15(12-14-4-2-1-3-5-14)13-19-8-10-21-11-9-19;/h1-5,15H,6-13,17H2,(H,18,20);1H. The van der Waals surface area contributed by atoms with Crippen LogP contribution in [0.25, 0.3) is 0 Å². The molecule has 1 amide bonds. The Morgan fingerprint density at radius 3 is 2.59 bits per heavy atom. The number of hydrogen-bond acceptors (Lipinski definition) is 4. The van der Waals surface area contributed by atoms with Gasteiger partial charge in [-0.1, -0.05) is 30.3 Å². The van der Waals surface area contributed by atoms with Crippen LogP contribution in [0.1, 0.15) is 12.0 Å². The largest absolute Gasteiger partial charge is 0.379 e. The number of ether oxygens (including phenoxy) is 1. The van der Waals surface area contributed by atoms with E-state index in [0.717, 1.165) is 39.3 Å². The van der Waals surface area contributed by atoms with Crippen molar-refractivity contribution in [3.63, 3.8) is 0 Å². The van der Waals surface area contributed by atoms with Crippen molar-refractivity contribution in [2.24, 2.45) is 5.73 Å². The molecule has 1 atom stereocenters. The van der Waals surface area contributed by atoms with E-state index in [4.69, 9.17) is 10.5 Å². The minimum absolute atomic E-state index is 0. The van der Waals surface area contributed by atoms with E-state index in [1.54, 1.807) is 0 Å². The van der Waals surface area contributed by atoms with Gasteiger partial charge in [0.2, 0.25) is 5.91 Å². The first-order valence-corrected chi connectivity index (χ1v) is 7.61. The molecule has 6 heteroatoms. The molecule has 1 fully saturated rings. The quantitative estimate of drug-likeness (QED) is 0.778. The van der Waals surface area contributed by atoms with Crippen LogP contribution in [0.5, 0.6) is 0 Å². The average Bonchev–Trinajstić information content (AvgIpc) is 2.49. The van der Waals surface area contributed by atoms with Crippen LogP contribution in [0.2, 0.25) is 0 Å². The molecule has 0 saturated carbocycles. The first-order valence-electron chi connectivity index (χ1n) is 7.61. The summed E-state index contributed by atoms with van der Waals surface area (Å²) in [7, 11) is 0. The first-order chi connectivity index (χ1) is 10.3. The van der Waals surface area contributed by atoms with Gasteiger partial charge in [-0.3, -0.25) is 9.69 Å². The molecule has 22 heavy (non-hydrogen) atoms. The molecule has 1 unspecified atom stereocenters. The van der Waals surface area contributed by atoms with Gasteiger partial charge in [-0.15, -0.1) is 12.4 Å². The van der Waals surface area contributed by atoms with Gasteiger partial charge in [0.1, 0.15) is 0 Å². The molecule has 3 N–H and O–H groups in total. The third-order valence-corrected chi connectivity index (χ3v) is 3.64. The average molecular weight is 328 g/mol. The summed E-state index contributed by atoms with van der Waals surface area (Å²) in [6, 6.07) is 10.4. The van der Waals surface area contributed by atoms with Crippen LogP contribution < -0.4 is 11.1 Å². The van der Waals surface area contributed by atoms with Crippen LogP contribution in [-0.4, -0.2) is 56.2 Å². The maximum atomic E-state index is 11.9. The second-order valence-electron chi connectivity index (χ2n) is 5.41. The number of nitrogens with two attached hydrogens (primary N) is 1. The molecule has 1 saturated heterocycles. The maximum Gasteiger partial charge on any atom is 0.221 e. The van der Waals surface area contributed by atoms with Crippen molar-refractivity contribution in [3.8, 4) is 0 Å². The lowest BCUT2D eigenvalue weighted by Gasteiger charge is -2.31. The van der Waals surface area contributed by atoms with Crippen molar-refractivity contribution in [3.05, 3.63) is 35.9 Å². The third-order valence-electron chi connectivity index (χ3n) is 3.64. The molecule has 1 aromatic carbocycles. The Labute approximate surface area is 138 Å². The van der Waals surface area contributed by atoms with Gasteiger partial charge < -0.3 is 15.8 Å². The minimum Gasteiger partial charge on any atom is -0.379 e. The second-order valence-corrected chi connectivity index (χ2v) is 5.41. The smallest absolute Gasteiger partial charge is 0.221 e. The first kappa shape index (κ1) is 18.9. The van der Waals surface area contributed by atoms with Crippen molar-refractivity contribution in [2.45, 2.75) is 18.9 Å². The summed E-state index contributed by atoms with van der Waals surface area (Å²) in [5.74, 6) is 0.0340. The van der Waals surface area contributed by atoms with Crippen LogP contribution in [0.15, 0.2) is 30.3 Å². The van der Waals surface area contributed by atoms with Crippen LogP contribution in [0, 0.1) is 0 Å². The minimum atomic E-state index is 0. The molecule has 1 aliphatic rings. The van der Waals surface area contributed by atoms with Gasteiger partial charge in [0, 0.05) is 38.6 Å². The highest BCUT2D eigenvalue weighted by Crippen LogP contribution is 2.06. The van der Waals surface area contributed by atoms with Crippen molar-refractivity contribution in [2.75, 3.05) is 39.4 Å². The molecule has 2 rings (SSSR count). The third kappa shape index (κ3) is 6.75. The Hall–Kier alpha value is -1.14.